The highest BCUT2D eigenvalue weighted by Gasteiger charge is 2.18. The number of thiocarbonyl (C=S) groups is 1. The van der Waals surface area contributed by atoms with Crippen LogP contribution < -0.4 is 15.5 Å². The van der Waals surface area contributed by atoms with E-state index in [2.05, 4.69) is 49.8 Å². The van der Waals surface area contributed by atoms with Crippen LogP contribution in [0.2, 0.25) is 0 Å². The first kappa shape index (κ1) is 19.3. The van der Waals surface area contributed by atoms with Crippen molar-refractivity contribution in [2.45, 2.75) is 26.4 Å². The summed E-state index contributed by atoms with van der Waals surface area (Å²) in [6.45, 7) is 4.19. The summed E-state index contributed by atoms with van der Waals surface area (Å²) in [6, 6.07) is 16.8. The average Bonchev–Trinajstić information content (AvgIpc) is 2.72. The van der Waals surface area contributed by atoms with Gasteiger partial charge in [-0.05, 0) is 54.4 Å². The van der Waals surface area contributed by atoms with Gasteiger partial charge in [-0.3, -0.25) is 0 Å². The summed E-state index contributed by atoms with van der Waals surface area (Å²) in [5.74, 6) is 1.10. The molecule has 7 heteroatoms. The molecule has 1 aliphatic rings. The zero-order valence-electron chi connectivity index (χ0n) is 16.2. The highest BCUT2D eigenvalue weighted by atomic mass is 32.1. The Morgan fingerprint density at radius 2 is 1.86 bits per heavy atom. The Labute approximate surface area is 175 Å². The van der Waals surface area contributed by atoms with E-state index in [9.17, 15) is 4.39 Å². The minimum Gasteiger partial charge on any atom is -0.358 e. The van der Waals surface area contributed by atoms with Crippen LogP contribution in [0.15, 0.2) is 54.6 Å². The maximum atomic E-state index is 13.0. The summed E-state index contributed by atoms with van der Waals surface area (Å²) < 4.78 is 13.0. The SMILES string of the molecule is Cc1cc(N2CCc3ccccc3C2)nc(NC(=S)NCc2ccc(F)cc2)n1. The Morgan fingerprint density at radius 1 is 1.10 bits per heavy atom. The van der Waals surface area contributed by atoms with Crippen LogP contribution in [0.25, 0.3) is 0 Å². The number of halogens is 1. The Bertz CT molecular complexity index is 1020. The van der Waals surface area contributed by atoms with Crippen molar-refractivity contribution in [2.75, 3.05) is 16.8 Å². The van der Waals surface area contributed by atoms with Gasteiger partial charge in [-0.2, -0.15) is 4.98 Å². The molecule has 1 aliphatic heterocycles. The van der Waals surface area contributed by atoms with Gasteiger partial charge < -0.3 is 15.5 Å². The summed E-state index contributed by atoms with van der Waals surface area (Å²) in [7, 11) is 0. The third-order valence-electron chi connectivity index (χ3n) is 4.89. The average molecular weight is 408 g/mol. The molecular weight excluding hydrogens is 385 g/mol. The number of rotatable bonds is 4. The van der Waals surface area contributed by atoms with Gasteiger partial charge in [-0.25, -0.2) is 9.37 Å². The zero-order chi connectivity index (χ0) is 20.2. The second kappa shape index (κ2) is 8.53. The lowest BCUT2D eigenvalue weighted by molar-refractivity contribution is 0.627. The molecule has 4 rings (SSSR count). The van der Waals surface area contributed by atoms with Crippen LogP contribution in [0.4, 0.5) is 16.2 Å². The van der Waals surface area contributed by atoms with Crippen molar-refractivity contribution in [1.82, 2.24) is 15.3 Å². The van der Waals surface area contributed by atoms with Gasteiger partial charge in [0.05, 0.1) is 0 Å². The predicted molar refractivity (Wildman–Crippen MR) is 117 cm³/mol. The van der Waals surface area contributed by atoms with Gasteiger partial charge in [-0.15, -0.1) is 0 Å². The summed E-state index contributed by atoms with van der Waals surface area (Å²) in [6.07, 6.45) is 1.000. The second-order valence-electron chi connectivity index (χ2n) is 7.07. The maximum absolute atomic E-state index is 13.0. The molecule has 1 aromatic heterocycles. The molecule has 0 saturated carbocycles. The number of nitrogens with zero attached hydrogens (tertiary/aromatic N) is 3. The fourth-order valence-electron chi connectivity index (χ4n) is 3.39. The quantitative estimate of drug-likeness (QED) is 0.639. The first-order valence-electron chi connectivity index (χ1n) is 9.53. The van der Waals surface area contributed by atoms with E-state index in [1.165, 1.54) is 23.3 Å². The molecule has 5 nitrogen and oxygen atoms in total. The summed E-state index contributed by atoms with van der Waals surface area (Å²) in [4.78, 5) is 11.4. The normalized spacial score (nSPS) is 13.0. The van der Waals surface area contributed by atoms with Gasteiger partial charge >= 0.3 is 0 Å². The number of nitrogens with one attached hydrogen (secondary N) is 2. The van der Waals surface area contributed by atoms with E-state index in [1.807, 2.05) is 13.0 Å². The van der Waals surface area contributed by atoms with Gasteiger partial charge in [0.25, 0.3) is 0 Å². The Hall–Kier alpha value is -3.06. The molecule has 0 aliphatic carbocycles. The van der Waals surface area contributed by atoms with Crippen LogP contribution in [0.1, 0.15) is 22.4 Å². The number of aromatic nitrogens is 2. The topological polar surface area (TPSA) is 53.1 Å². The lowest BCUT2D eigenvalue weighted by Crippen LogP contribution is -2.32. The van der Waals surface area contributed by atoms with Crippen molar-refractivity contribution in [2.24, 2.45) is 0 Å². The van der Waals surface area contributed by atoms with Gasteiger partial charge in [-0.1, -0.05) is 36.4 Å². The van der Waals surface area contributed by atoms with Gasteiger partial charge in [0, 0.05) is 31.4 Å². The molecule has 2 heterocycles. The van der Waals surface area contributed by atoms with Gasteiger partial charge in [0.2, 0.25) is 5.95 Å². The maximum Gasteiger partial charge on any atom is 0.231 e. The number of hydrogen-bond donors (Lipinski definition) is 2. The number of benzene rings is 2. The van der Waals surface area contributed by atoms with E-state index in [-0.39, 0.29) is 5.82 Å². The fraction of sp³-hybridized carbons (Fsp3) is 0.227. The van der Waals surface area contributed by atoms with Crippen molar-refractivity contribution < 1.29 is 4.39 Å². The Balaban J connectivity index is 1.42. The number of fused-ring (bicyclic) bond motifs is 1. The van der Waals surface area contributed by atoms with E-state index < -0.39 is 0 Å². The summed E-state index contributed by atoms with van der Waals surface area (Å²) >= 11 is 5.37. The molecule has 0 atom stereocenters. The van der Waals surface area contributed by atoms with Crippen LogP contribution in [-0.2, 0) is 19.5 Å². The zero-order valence-corrected chi connectivity index (χ0v) is 17.0. The lowest BCUT2D eigenvalue weighted by atomic mass is 10.00. The predicted octanol–water partition coefficient (Wildman–Crippen LogP) is 3.97. The van der Waals surface area contributed by atoms with Crippen molar-refractivity contribution >= 4 is 29.1 Å². The Kier molecular flexibility index (Phi) is 5.67. The molecule has 0 saturated heterocycles. The molecule has 0 unspecified atom stereocenters. The van der Waals surface area contributed by atoms with E-state index >= 15 is 0 Å². The second-order valence-corrected chi connectivity index (χ2v) is 7.47. The lowest BCUT2D eigenvalue weighted by Gasteiger charge is -2.30. The van der Waals surface area contributed by atoms with Crippen LogP contribution in [0, 0.1) is 12.7 Å². The van der Waals surface area contributed by atoms with Gasteiger partial charge in [0.15, 0.2) is 5.11 Å². The molecule has 0 spiro atoms. The number of aryl methyl sites for hydroxylation is 1. The fourth-order valence-corrected chi connectivity index (χ4v) is 3.55. The molecular formula is C22H22FN5S. The third kappa shape index (κ3) is 4.86. The first-order valence-corrected chi connectivity index (χ1v) is 9.94. The monoisotopic (exact) mass is 407 g/mol. The summed E-state index contributed by atoms with van der Waals surface area (Å²) in [5.41, 5.74) is 4.55. The highest BCUT2D eigenvalue weighted by Crippen LogP contribution is 2.24. The third-order valence-corrected chi connectivity index (χ3v) is 5.13. The molecule has 3 aromatic rings. The van der Waals surface area contributed by atoms with Crippen molar-refractivity contribution in [3.8, 4) is 0 Å². The molecule has 0 radical (unpaired) electrons. The first-order chi connectivity index (χ1) is 14.1. The molecule has 0 fully saturated rings. The van der Waals surface area contributed by atoms with Crippen LogP contribution in [-0.4, -0.2) is 21.6 Å². The van der Waals surface area contributed by atoms with E-state index in [0.717, 1.165) is 36.6 Å². The van der Waals surface area contributed by atoms with Crippen LogP contribution in [0.3, 0.4) is 0 Å². The number of hydrogen-bond acceptors (Lipinski definition) is 4. The number of anilines is 2. The standard InChI is InChI=1S/C22H22FN5S/c1-15-12-20(28-11-10-17-4-2-3-5-18(17)14-28)26-21(25-15)27-22(29)24-13-16-6-8-19(23)9-7-16/h2-9,12H,10-11,13-14H2,1H3,(H2,24,25,26,27,29). The molecule has 2 N–H and O–H groups in total. The van der Waals surface area contributed by atoms with Crippen LogP contribution in [0.5, 0.6) is 0 Å². The van der Waals surface area contributed by atoms with E-state index in [4.69, 9.17) is 12.2 Å². The molecule has 29 heavy (non-hydrogen) atoms. The van der Waals surface area contributed by atoms with E-state index in [0.29, 0.717) is 17.6 Å². The Morgan fingerprint density at radius 3 is 2.66 bits per heavy atom. The largest absolute Gasteiger partial charge is 0.358 e. The smallest absolute Gasteiger partial charge is 0.231 e. The van der Waals surface area contributed by atoms with Crippen LogP contribution >= 0.6 is 12.2 Å². The molecule has 0 amide bonds. The van der Waals surface area contributed by atoms with Crippen molar-refractivity contribution in [3.63, 3.8) is 0 Å². The minimum absolute atomic E-state index is 0.254. The molecule has 148 valence electrons. The minimum atomic E-state index is -0.254. The summed E-state index contributed by atoms with van der Waals surface area (Å²) in [5, 5.41) is 6.59. The molecule has 2 aromatic carbocycles. The van der Waals surface area contributed by atoms with Crippen molar-refractivity contribution in [3.05, 3.63) is 82.8 Å². The van der Waals surface area contributed by atoms with Gasteiger partial charge in [0.1, 0.15) is 11.6 Å². The van der Waals surface area contributed by atoms with E-state index in [1.54, 1.807) is 12.1 Å². The highest BCUT2D eigenvalue weighted by molar-refractivity contribution is 7.80. The molecule has 0 bridgehead atoms. The van der Waals surface area contributed by atoms with Crippen molar-refractivity contribution in [1.29, 1.82) is 0 Å².